The van der Waals surface area contributed by atoms with Gasteiger partial charge in [0.1, 0.15) is 29.7 Å². The summed E-state index contributed by atoms with van der Waals surface area (Å²) in [6, 6.07) is 6.49. The summed E-state index contributed by atoms with van der Waals surface area (Å²) >= 11 is 6.00. The number of nitrogens with zero attached hydrogens (tertiary/aromatic N) is 3. The number of benzene rings is 1. The molecular formula is C17H15ClN4O4. The Morgan fingerprint density at radius 1 is 1.31 bits per heavy atom. The van der Waals surface area contributed by atoms with E-state index in [2.05, 4.69) is 15.4 Å². The highest BCUT2D eigenvalue weighted by Gasteiger charge is 2.17. The summed E-state index contributed by atoms with van der Waals surface area (Å²) in [6.45, 7) is 2.92. The summed E-state index contributed by atoms with van der Waals surface area (Å²) in [5.74, 6) is -0.108. The maximum absolute atomic E-state index is 12.2. The van der Waals surface area contributed by atoms with E-state index < -0.39 is 18.5 Å². The van der Waals surface area contributed by atoms with E-state index in [9.17, 15) is 9.59 Å². The van der Waals surface area contributed by atoms with Crippen LogP contribution in [0.2, 0.25) is 5.02 Å². The first-order chi connectivity index (χ1) is 12.4. The van der Waals surface area contributed by atoms with Crippen LogP contribution in [0.25, 0.3) is 5.69 Å². The number of esters is 1. The molecule has 0 radical (unpaired) electrons. The molecule has 0 aliphatic rings. The molecule has 8 nitrogen and oxygen atoms in total. The van der Waals surface area contributed by atoms with Crippen molar-refractivity contribution in [2.75, 3.05) is 11.9 Å². The second-order valence-corrected chi connectivity index (χ2v) is 5.89. The summed E-state index contributed by atoms with van der Waals surface area (Å²) in [7, 11) is 0. The lowest BCUT2D eigenvalue weighted by Crippen LogP contribution is -2.22. The average Bonchev–Trinajstić information content (AvgIpc) is 3.22. The molecule has 134 valence electrons. The minimum Gasteiger partial charge on any atom is -0.466 e. The van der Waals surface area contributed by atoms with Crippen molar-refractivity contribution in [1.82, 2.24) is 14.8 Å². The van der Waals surface area contributed by atoms with Gasteiger partial charge in [-0.1, -0.05) is 11.6 Å². The monoisotopic (exact) mass is 374 g/mol. The number of rotatable bonds is 5. The van der Waals surface area contributed by atoms with E-state index >= 15 is 0 Å². The Balaban J connectivity index is 1.68. The largest absolute Gasteiger partial charge is 0.466 e. The van der Waals surface area contributed by atoms with Crippen molar-refractivity contribution in [3.05, 3.63) is 59.0 Å². The normalized spacial score (nSPS) is 10.6. The molecule has 9 heteroatoms. The molecule has 3 rings (SSSR count). The van der Waals surface area contributed by atoms with Crippen molar-refractivity contribution < 1.29 is 18.7 Å². The van der Waals surface area contributed by atoms with Crippen LogP contribution < -0.4 is 5.32 Å². The number of nitrogens with one attached hydrogen (secondary N) is 1. The van der Waals surface area contributed by atoms with E-state index in [1.54, 1.807) is 38.1 Å². The van der Waals surface area contributed by atoms with Crippen LogP contribution in [-0.2, 0) is 9.53 Å². The number of carbonyl (C=O) groups is 2. The van der Waals surface area contributed by atoms with Crippen molar-refractivity contribution in [1.29, 1.82) is 0 Å². The third kappa shape index (κ3) is 3.92. The van der Waals surface area contributed by atoms with Crippen LogP contribution in [0.5, 0.6) is 0 Å². The van der Waals surface area contributed by atoms with Crippen molar-refractivity contribution in [3.63, 3.8) is 0 Å². The summed E-state index contributed by atoms with van der Waals surface area (Å²) in [5.41, 5.74) is 1.29. The number of furan rings is 1. The molecule has 3 aromatic rings. The number of carbonyl (C=O) groups excluding carboxylic acids is 2. The average molecular weight is 375 g/mol. The third-order valence-electron chi connectivity index (χ3n) is 3.49. The minimum absolute atomic E-state index is 0.293. The van der Waals surface area contributed by atoms with Crippen LogP contribution in [0.3, 0.4) is 0 Å². The number of aryl methyl sites for hydroxylation is 2. The summed E-state index contributed by atoms with van der Waals surface area (Å²) < 4.78 is 11.8. The molecule has 1 aromatic carbocycles. The third-order valence-corrected chi connectivity index (χ3v) is 3.73. The number of aromatic nitrogens is 3. The zero-order valence-electron chi connectivity index (χ0n) is 14.0. The number of hydrogen-bond donors (Lipinski definition) is 1. The molecule has 1 N–H and O–H groups in total. The molecule has 0 unspecified atom stereocenters. The number of halogens is 1. The lowest BCUT2D eigenvalue weighted by Gasteiger charge is -2.11. The fourth-order valence-corrected chi connectivity index (χ4v) is 2.54. The van der Waals surface area contributed by atoms with Gasteiger partial charge in [-0.25, -0.2) is 14.5 Å². The molecule has 0 aliphatic carbocycles. The Labute approximate surface area is 153 Å². The van der Waals surface area contributed by atoms with Gasteiger partial charge in [0.2, 0.25) is 0 Å². The van der Waals surface area contributed by atoms with E-state index in [-0.39, 0.29) is 0 Å². The Kier molecular flexibility index (Phi) is 5.04. The highest BCUT2D eigenvalue weighted by Crippen LogP contribution is 2.24. The fraction of sp³-hybridized carbons (Fsp3) is 0.176. The molecule has 0 fully saturated rings. The van der Waals surface area contributed by atoms with E-state index in [1.807, 2.05) is 0 Å². The Hall–Kier alpha value is -3.13. The predicted octanol–water partition coefficient (Wildman–Crippen LogP) is 2.93. The molecule has 0 atom stereocenters. The first-order valence-corrected chi connectivity index (χ1v) is 8.00. The van der Waals surface area contributed by atoms with Gasteiger partial charge >= 0.3 is 5.97 Å². The van der Waals surface area contributed by atoms with Crippen molar-refractivity contribution in [2.45, 2.75) is 13.8 Å². The summed E-state index contributed by atoms with van der Waals surface area (Å²) in [5, 5.41) is 7.11. The van der Waals surface area contributed by atoms with E-state index in [0.29, 0.717) is 33.5 Å². The molecule has 2 heterocycles. The standard InChI is InChI=1S/C17H15ClN4O4/c1-10-5-13(11(2)26-10)17(24)25-7-16(23)21-14-6-12(18)3-4-15(14)22-9-19-8-20-22/h3-6,8-9H,7H2,1-2H3,(H,21,23). The zero-order valence-corrected chi connectivity index (χ0v) is 14.8. The van der Waals surface area contributed by atoms with Gasteiger partial charge in [0.25, 0.3) is 5.91 Å². The first kappa shape index (κ1) is 17.7. The smallest absolute Gasteiger partial charge is 0.342 e. The van der Waals surface area contributed by atoms with Crippen molar-refractivity contribution in [2.24, 2.45) is 0 Å². The second kappa shape index (κ2) is 7.40. The Morgan fingerprint density at radius 3 is 2.77 bits per heavy atom. The second-order valence-electron chi connectivity index (χ2n) is 5.45. The number of anilines is 1. The van der Waals surface area contributed by atoms with E-state index in [4.69, 9.17) is 20.8 Å². The fourth-order valence-electron chi connectivity index (χ4n) is 2.37. The molecule has 26 heavy (non-hydrogen) atoms. The lowest BCUT2D eigenvalue weighted by atomic mass is 10.2. The van der Waals surface area contributed by atoms with E-state index in [1.165, 1.54) is 17.3 Å². The van der Waals surface area contributed by atoms with Crippen LogP contribution in [0, 0.1) is 13.8 Å². The summed E-state index contributed by atoms with van der Waals surface area (Å²) in [6.07, 6.45) is 2.86. The number of hydrogen-bond acceptors (Lipinski definition) is 6. The van der Waals surface area contributed by atoms with E-state index in [0.717, 1.165) is 0 Å². The number of ether oxygens (including phenoxy) is 1. The van der Waals surface area contributed by atoms with Gasteiger partial charge in [-0.05, 0) is 38.1 Å². The van der Waals surface area contributed by atoms with Gasteiger partial charge < -0.3 is 14.5 Å². The molecule has 2 aromatic heterocycles. The lowest BCUT2D eigenvalue weighted by molar-refractivity contribution is -0.119. The van der Waals surface area contributed by atoms with Gasteiger partial charge in [-0.2, -0.15) is 5.10 Å². The number of amides is 1. The van der Waals surface area contributed by atoms with Gasteiger partial charge in [-0.15, -0.1) is 0 Å². The van der Waals surface area contributed by atoms with Crippen molar-refractivity contribution in [3.8, 4) is 5.69 Å². The first-order valence-electron chi connectivity index (χ1n) is 7.62. The highest BCUT2D eigenvalue weighted by atomic mass is 35.5. The van der Waals surface area contributed by atoms with Crippen LogP contribution in [0.4, 0.5) is 5.69 Å². The maximum atomic E-state index is 12.2. The summed E-state index contributed by atoms with van der Waals surface area (Å²) in [4.78, 5) is 28.1. The quantitative estimate of drug-likeness (QED) is 0.689. The molecule has 0 saturated heterocycles. The minimum atomic E-state index is -0.628. The topological polar surface area (TPSA) is 99.2 Å². The molecular weight excluding hydrogens is 360 g/mol. The van der Waals surface area contributed by atoms with Crippen LogP contribution >= 0.6 is 11.6 Å². The van der Waals surface area contributed by atoms with Gasteiger partial charge in [-0.3, -0.25) is 4.79 Å². The van der Waals surface area contributed by atoms with Crippen LogP contribution in [0.1, 0.15) is 21.9 Å². The molecule has 0 saturated carbocycles. The van der Waals surface area contributed by atoms with Crippen LogP contribution in [-0.4, -0.2) is 33.2 Å². The molecule has 0 aliphatic heterocycles. The Morgan fingerprint density at radius 2 is 2.12 bits per heavy atom. The molecule has 1 amide bonds. The van der Waals surface area contributed by atoms with Crippen LogP contribution in [0.15, 0.2) is 41.3 Å². The maximum Gasteiger partial charge on any atom is 0.342 e. The van der Waals surface area contributed by atoms with Crippen molar-refractivity contribution >= 4 is 29.2 Å². The SMILES string of the molecule is Cc1cc(C(=O)OCC(=O)Nc2cc(Cl)ccc2-n2cncn2)c(C)o1. The van der Waals surface area contributed by atoms with Gasteiger partial charge in [0.05, 0.1) is 11.4 Å². The molecule has 0 bridgehead atoms. The molecule has 0 spiro atoms. The highest BCUT2D eigenvalue weighted by molar-refractivity contribution is 6.31. The van der Waals surface area contributed by atoms with Gasteiger partial charge in [0, 0.05) is 5.02 Å². The zero-order chi connectivity index (χ0) is 18.7. The predicted molar refractivity (Wildman–Crippen MR) is 93.5 cm³/mol. The Bertz CT molecular complexity index is 950. The van der Waals surface area contributed by atoms with Gasteiger partial charge in [0.15, 0.2) is 6.61 Å².